The van der Waals surface area contributed by atoms with Gasteiger partial charge in [0.15, 0.2) is 17.3 Å². The van der Waals surface area contributed by atoms with Gasteiger partial charge in [-0.3, -0.25) is 14.4 Å². The van der Waals surface area contributed by atoms with E-state index in [0.29, 0.717) is 18.4 Å². The summed E-state index contributed by atoms with van der Waals surface area (Å²) in [5.74, 6) is -2.41. The van der Waals surface area contributed by atoms with Gasteiger partial charge in [-0.05, 0) is 55.2 Å². The summed E-state index contributed by atoms with van der Waals surface area (Å²) in [5.41, 5.74) is 2.07. The van der Waals surface area contributed by atoms with E-state index in [0.717, 1.165) is 17.5 Å². The van der Waals surface area contributed by atoms with Gasteiger partial charge < -0.3 is 15.3 Å². The van der Waals surface area contributed by atoms with Crippen LogP contribution in [0.15, 0.2) is 23.5 Å². The van der Waals surface area contributed by atoms with Gasteiger partial charge in [0.25, 0.3) is 0 Å². The number of carbonyl (C=O) groups excluding carboxylic acids is 3. The van der Waals surface area contributed by atoms with Crippen molar-refractivity contribution in [3.8, 4) is 5.75 Å². The second kappa shape index (κ2) is 7.87. The molecular weight excluding hydrogens is 360 g/mol. The predicted octanol–water partition coefficient (Wildman–Crippen LogP) is 2.69. The number of Topliss-reactive ketones (excluding diaryl/α,β-unsaturated/α-hetero) is 3. The van der Waals surface area contributed by atoms with Crippen molar-refractivity contribution < 1.29 is 29.7 Å². The largest absolute Gasteiger partial charge is 0.511 e. The highest BCUT2D eigenvalue weighted by Gasteiger charge is 2.40. The molecule has 0 aliphatic heterocycles. The number of allylic oxidation sites excluding steroid dienone is 1. The molecule has 3 unspecified atom stereocenters. The molecule has 0 spiro atoms. The average molecular weight is 386 g/mol. The molecule has 0 saturated heterocycles. The first-order valence-corrected chi connectivity index (χ1v) is 9.73. The van der Waals surface area contributed by atoms with Gasteiger partial charge in [0, 0.05) is 18.8 Å². The Morgan fingerprint density at radius 3 is 2.43 bits per heavy atom. The minimum absolute atomic E-state index is 0.00315. The highest BCUT2D eigenvalue weighted by molar-refractivity contribution is 6.20. The number of carbonyl (C=O) groups is 3. The Bertz CT molecular complexity index is 866. The van der Waals surface area contributed by atoms with Crippen molar-refractivity contribution in [3.63, 3.8) is 0 Å². The Labute approximate surface area is 163 Å². The van der Waals surface area contributed by atoms with E-state index in [-0.39, 0.29) is 54.1 Å². The maximum atomic E-state index is 12.7. The van der Waals surface area contributed by atoms with Crippen molar-refractivity contribution in [1.29, 1.82) is 0 Å². The molecule has 2 aliphatic rings. The molecule has 3 rings (SSSR count). The molecule has 1 aromatic rings. The molecule has 0 bridgehead atoms. The molecule has 1 aromatic carbocycles. The van der Waals surface area contributed by atoms with Crippen molar-refractivity contribution in [2.24, 2.45) is 17.8 Å². The lowest BCUT2D eigenvalue weighted by Crippen LogP contribution is -2.35. The molecule has 0 aromatic heterocycles. The molecule has 0 heterocycles. The number of benzene rings is 1. The van der Waals surface area contributed by atoms with E-state index < -0.39 is 17.5 Å². The first-order chi connectivity index (χ1) is 13.3. The number of aromatic hydroxyl groups is 1. The van der Waals surface area contributed by atoms with Crippen LogP contribution in [0.3, 0.4) is 0 Å². The number of aliphatic hydroxyl groups is 2. The zero-order valence-corrected chi connectivity index (χ0v) is 16.2. The lowest BCUT2D eigenvalue weighted by Gasteiger charge is -2.34. The van der Waals surface area contributed by atoms with Crippen molar-refractivity contribution in [1.82, 2.24) is 0 Å². The first-order valence-electron chi connectivity index (χ1n) is 9.73. The third-order valence-corrected chi connectivity index (χ3v) is 6.10. The van der Waals surface area contributed by atoms with Crippen LogP contribution in [-0.4, -0.2) is 39.3 Å². The fourth-order valence-corrected chi connectivity index (χ4v) is 4.77. The number of fused-ring (bicyclic) bond motifs is 1. The van der Waals surface area contributed by atoms with Crippen LogP contribution in [0.5, 0.6) is 5.75 Å². The van der Waals surface area contributed by atoms with Crippen molar-refractivity contribution in [2.75, 3.05) is 6.61 Å². The second-order valence-corrected chi connectivity index (χ2v) is 7.88. The number of aryl methyl sites for hydroxylation is 1. The monoisotopic (exact) mass is 386 g/mol. The molecule has 150 valence electrons. The zero-order valence-electron chi connectivity index (χ0n) is 16.2. The van der Waals surface area contributed by atoms with Gasteiger partial charge in [0.2, 0.25) is 0 Å². The Morgan fingerprint density at radius 1 is 1.11 bits per heavy atom. The summed E-state index contributed by atoms with van der Waals surface area (Å²) in [6.07, 6.45) is 2.15. The summed E-state index contributed by atoms with van der Waals surface area (Å²) < 4.78 is 0. The smallest absolute Gasteiger partial charge is 0.170 e. The van der Waals surface area contributed by atoms with E-state index in [1.807, 2.05) is 13.0 Å². The van der Waals surface area contributed by atoms with Gasteiger partial charge in [-0.25, -0.2) is 0 Å². The quantitative estimate of drug-likeness (QED) is 0.671. The molecule has 28 heavy (non-hydrogen) atoms. The molecule has 0 saturated carbocycles. The zero-order chi connectivity index (χ0) is 20.6. The van der Waals surface area contributed by atoms with Gasteiger partial charge in [-0.2, -0.15) is 0 Å². The number of rotatable bonds is 5. The first kappa shape index (κ1) is 20.3. The number of hydrogen-bond donors (Lipinski definition) is 3. The maximum Gasteiger partial charge on any atom is 0.170 e. The summed E-state index contributed by atoms with van der Waals surface area (Å²) in [6.45, 7) is 2.86. The third-order valence-electron chi connectivity index (χ3n) is 6.10. The summed E-state index contributed by atoms with van der Waals surface area (Å²) in [4.78, 5) is 36.7. The molecule has 0 amide bonds. The highest BCUT2D eigenvalue weighted by Crippen LogP contribution is 2.41. The van der Waals surface area contributed by atoms with Crippen LogP contribution < -0.4 is 0 Å². The number of phenols is 1. The van der Waals surface area contributed by atoms with Crippen molar-refractivity contribution >= 4 is 17.3 Å². The fraction of sp³-hybridized carbons (Fsp3) is 0.500. The van der Waals surface area contributed by atoms with E-state index in [1.54, 1.807) is 6.07 Å². The topological polar surface area (TPSA) is 112 Å². The number of aliphatic hydroxyl groups excluding tert-OH is 2. The summed E-state index contributed by atoms with van der Waals surface area (Å²) >= 11 is 0. The SMILES string of the molecule is CCc1ccc(O)c2c1CC(CC1CC(=O)C(C(C)=O)=C(O)C1CO)CC2=O. The lowest BCUT2D eigenvalue weighted by molar-refractivity contribution is -0.123. The second-order valence-electron chi connectivity index (χ2n) is 7.88. The van der Waals surface area contributed by atoms with Crippen LogP contribution in [0.2, 0.25) is 0 Å². The maximum absolute atomic E-state index is 12.7. The molecule has 3 N–H and O–H groups in total. The van der Waals surface area contributed by atoms with Gasteiger partial charge >= 0.3 is 0 Å². The van der Waals surface area contributed by atoms with Gasteiger partial charge in [0.05, 0.1) is 17.7 Å². The van der Waals surface area contributed by atoms with E-state index in [4.69, 9.17) is 0 Å². The number of phenolic OH excluding ortho intramolecular Hbond substituents is 1. The normalized spacial score (nSPS) is 25.0. The van der Waals surface area contributed by atoms with Crippen LogP contribution in [0.4, 0.5) is 0 Å². The molecule has 6 heteroatoms. The van der Waals surface area contributed by atoms with Crippen molar-refractivity contribution in [2.45, 2.75) is 46.0 Å². The summed E-state index contributed by atoms with van der Waals surface area (Å²) in [7, 11) is 0. The summed E-state index contributed by atoms with van der Waals surface area (Å²) in [5, 5.41) is 30.2. The van der Waals surface area contributed by atoms with Crippen LogP contribution in [0, 0.1) is 17.8 Å². The van der Waals surface area contributed by atoms with Gasteiger partial charge in [-0.15, -0.1) is 0 Å². The van der Waals surface area contributed by atoms with E-state index in [1.165, 1.54) is 6.92 Å². The molecule has 2 aliphatic carbocycles. The highest BCUT2D eigenvalue weighted by atomic mass is 16.3. The standard InChI is InChI=1S/C22H26O6/c1-3-13-4-5-17(25)21-15(13)7-12(8-18(21)26)6-14-9-19(27)20(11(2)24)22(28)16(14)10-23/h4-5,12,14,16,23,25,28H,3,6-10H2,1-2H3. The van der Waals surface area contributed by atoms with Crippen LogP contribution in [0.25, 0.3) is 0 Å². The van der Waals surface area contributed by atoms with E-state index in [9.17, 15) is 29.7 Å². The fourth-order valence-electron chi connectivity index (χ4n) is 4.77. The van der Waals surface area contributed by atoms with Gasteiger partial charge in [0.1, 0.15) is 11.5 Å². The predicted molar refractivity (Wildman–Crippen MR) is 102 cm³/mol. The Balaban J connectivity index is 1.87. The Kier molecular flexibility index (Phi) is 5.70. The minimum atomic E-state index is -0.678. The molecular formula is C22H26O6. The van der Waals surface area contributed by atoms with E-state index in [2.05, 4.69) is 0 Å². The van der Waals surface area contributed by atoms with Gasteiger partial charge in [-0.1, -0.05) is 13.0 Å². The molecule has 6 nitrogen and oxygen atoms in total. The molecule has 0 fully saturated rings. The van der Waals surface area contributed by atoms with Crippen LogP contribution >= 0.6 is 0 Å². The van der Waals surface area contributed by atoms with Crippen LogP contribution in [0.1, 0.15) is 54.6 Å². The minimum Gasteiger partial charge on any atom is -0.511 e. The van der Waals surface area contributed by atoms with Crippen LogP contribution in [-0.2, 0) is 22.4 Å². The summed E-state index contributed by atoms with van der Waals surface area (Å²) in [6, 6.07) is 3.39. The number of ketones is 3. The van der Waals surface area contributed by atoms with Crippen molar-refractivity contribution in [3.05, 3.63) is 40.2 Å². The Hall–Kier alpha value is -2.47. The number of hydrogen-bond acceptors (Lipinski definition) is 6. The molecule has 3 atom stereocenters. The molecule has 0 radical (unpaired) electrons. The Morgan fingerprint density at radius 2 is 1.82 bits per heavy atom. The lowest BCUT2D eigenvalue weighted by atomic mass is 9.70. The average Bonchev–Trinajstić information content (AvgIpc) is 2.61. The third kappa shape index (κ3) is 3.49. The van der Waals surface area contributed by atoms with E-state index >= 15 is 0 Å².